The van der Waals surface area contributed by atoms with Crippen LogP contribution in [0, 0.1) is 0 Å². The highest BCUT2D eigenvalue weighted by Crippen LogP contribution is 2.20. The molecule has 0 bridgehead atoms. The largest absolute Gasteiger partial charge is 0.494 e. The number of carboxylic acid groups (broad SMARTS) is 1. The molecule has 2 unspecified atom stereocenters. The fourth-order valence-electron chi connectivity index (χ4n) is 5.18. The van der Waals surface area contributed by atoms with Crippen LogP contribution >= 0.6 is 0 Å². The van der Waals surface area contributed by atoms with E-state index in [4.69, 9.17) is 9.47 Å². The van der Waals surface area contributed by atoms with Gasteiger partial charge in [-0.3, -0.25) is 14.9 Å². The van der Waals surface area contributed by atoms with Gasteiger partial charge in [0, 0.05) is 11.9 Å². The van der Waals surface area contributed by atoms with E-state index in [-0.39, 0.29) is 23.6 Å². The van der Waals surface area contributed by atoms with Gasteiger partial charge in [0.2, 0.25) is 5.91 Å². The molecule has 0 aliphatic heterocycles. The number of hydrogen-bond acceptors (Lipinski definition) is 9. The number of benzene rings is 4. The van der Waals surface area contributed by atoms with Gasteiger partial charge in [0.1, 0.15) is 23.8 Å². The minimum absolute atomic E-state index is 0.0305. The van der Waals surface area contributed by atoms with Crippen molar-refractivity contribution >= 4 is 33.4 Å². The van der Waals surface area contributed by atoms with Crippen molar-refractivity contribution in [1.82, 2.24) is 5.32 Å². The zero-order chi connectivity index (χ0) is 36.8. The van der Waals surface area contributed by atoms with Crippen LogP contribution in [0.4, 0.5) is 5.69 Å². The number of carbonyl (C=O) groups excluding carboxylic acids is 2. The molecule has 2 atom stereocenters. The average molecular weight is 717 g/mol. The molecule has 0 heterocycles. The molecule has 4 rings (SSSR count). The molecule has 1 amide bonds. The van der Waals surface area contributed by atoms with Crippen molar-refractivity contribution in [2.24, 2.45) is 0 Å². The molecule has 11 nitrogen and oxygen atoms in total. The number of rotatable bonds is 19. The standard InChI is InChI=1S/C39H44N2O9S/c1-3-4-5-6-7-24-49-32-20-14-30(15-21-32)39(46)50-33-18-8-27(9-19-33)25-35(38(44)45)41-37(43)29-12-16-31(17-13-29)40-36(42)26-28-10-22-34(23-11-28)51(2,47)48/h8-23,35,37,41,43H,3-7,24-26H2,1-2H3,(H,40,42)(H,44,45). The second-order valence-corrected chi connectivity index (χ2v) is 14.3. The van der Waals surface area contributed by atoms with Crippen molar-refractivity contribution in [1.29, 1.82) is 0 Å². The van der Waals surface area contributed by atoms with Crippen LogP contribution in [-0.2, 0) is 32.3 Å². The van der Waals surface area contributed by atoms with Crippen LogP contribution in [0.5, 0.6) is 11.5 Å². The molecule has 0 aliphatic carbocycles. The SMILES string of the molecule is CCCCCCCOc1ccc(C(=O)Oc2ccc(CC(NC(O)c3ccc(NC(=O)Cc4ccc(S(C)(=O)=O)cc4)cc3)C(=O)O)cc2)cc1. The van der Waals surface area contributed by atoms with Crippen molar-refractivity contribution in [2.45, 2.75) is 69.0 Å². The first kappa shape index (κ1) is 38.8. The Bertz CT molecular complexity index is 1840. The van der Waals surface area contributed by atoms with Crippen LogP contribution in [0.2, 0.25) is 0 Å². The topological polar surface area (TPSA) is 168 Å². The van der Waals surface area contributed by atoms with Gasteiger partial charge in [0.15, 0.2) is 9.84 Å². The summed E-state index contributed by atoms with van der Waals surface area (Å²) >= 11 is 0. The molecule has 0 spiro atoms. The lowest BCUT2D eigenvalue weighted by Crippen LogP contribution is -2.40. The highest BCUT2D eigenvalue weighted by Gasteiger charge is 2.22. The Hall–Kier alpha value is -5.04. The zero-order valence-electron chi connectivity index (χ0n) is 28.7. The maximum atomic E-state index is 12.7. The van der Waals surface area contributed by atoms with E-state index < -0.39 is 34.0 Å². The summed E-state index contributed by atoms with van der Waals surface area (Å²) < 4.78 is 34.5. The number of ether oxygens (including phenoxy) is 2. The van der Waals surface area contributed by atoms with Crippen LogP contribution < -0.4 is 20.1 Å². The summed E-state index contributed by atoms with van der Waals surface area (Å²) in [6.07, 6.45) is 5.60. The molecule has 0 radical (unpaired) electrons. The number of nitrogens with one attached hydrogen (secondary N) is 2. The summed E-state index contributed by atoms with van der Waals surface area (Å²) in [6, 6.07) is 24.4. The predicted octanol–water partition coefficient (Wildman–Crippen LogP) is 6.12. The molecular formula is C39H44N2O9S. The average Bonchev–Trinajstić information content (AvgIpc) is 3.10. The highest BCUT2D eigenvalue weighted by atomic mass is 32.2. The second-order valence-electron chi connectivity index (χ2n) is 12.2. The van der Waals surface area contributed by atoms with E-state index in [2.05, 4.69) is 17.6 Å². The van der Waals surface area contributed by atoms with E-state index in [9.17, 15) is 33.0 Å². The van der Waals surface area contributed by atoms with E-state index in [1.807, 2.05) is 0 Å². The Labute approximate surface area is 298 Å². The first-order chi connectivity index (χ1) is 24.4. The molecule has 0 aliphatic rings. The van der Waals surface area contributed by atoms with Gasteiger partial charge in [-0.05, 0) is 90.2 Å². The number of esters is 1. The van der Waals surface area contributed by atoms with Gasteiger partial charge in [-0.1, -0.05) is 69.0 Å². The van der Waals surface area contributed by atoms with Gasteiger partial charge in [0.25, 0.3) is 0 Å². The molecule has 4 aromatic rings. The number of carbonyl (C=O) groups is 3. The Morgan fingerprint density at radius 3 is 1.98 bits per heavy atom. The van der Waals surface area contributed by atoms with Crippen molar-refractivity contribution < 1.29 is 42.5 Å². The molecule has 0 aromatic heterocycles. The summed E-state index contributed by atoms with van der Waals surface area (Å²) in [7, 11) is -3.33. The minimum Gasteiger partial charge on any atom is -0.494 e. The van der Waals surface area contributed by atoms with Crippen LogP contribution in [-0.4, -0.2) is 55.4 Å². The Balaban J connectivity index is 1.24. The maximum Gasteiger partial charge on any atom is 0.343 e. The highest BCUT2D eigenvalue weighted by molar-refractivity contribution is 7.90. The van der Waals surface area contributed by atoms with Gasteiger partial charge < -0.3 is 25.0 Å². The first-order valence-corrected chi connectivity index (χ1v) is 18.7. The van der Waals surface area contributed by atoms with E-state index in [1.54, 1.807) is 84.9 Å². The van der Waals surface area contributed by atoms with Gasteiger partial charge in [-0.15, -0.1) is 0 Å². The summed E-state index contributed by atoms with van der Waals surface area (Å²) in [5, 5.41) is 26.0. The molecule has 0 saturated heterocycles. The van der Waals surface area contributed by atoms with Gasteiger partial charge in [-0.2, -0.15) is 0 Å². The van der Waals surface area contributed by atoms with E-state index in [0.717, 1.165) is 19.1 Å². The Morgan fingerprint density at radius 2 is 1.37 bits per heavy atom. The van der Waals surface area contributed by atoms with Crippen molar-refractivity contribution in [3.63, 3.8) is 0 Å². The zero-order valence-corrected chi connectivity index (χ0v) is 29.5. The third-order valence-electron chi connectivity index (χ3n) is 8.06. The fraction of sp³-hybridized carbons (Fsp3) is 0.308. The number of unbranched alkanes of at least 4 members (excludes halogenated alkanes) is 4. The number of aliphatic carboxylic acids is 1. The number of anilines is 1. The maximum absolute atomic E-state index is 12.7. The fourth-order valence-corrected chi connectivity index (χ4v) is 5.81. The number of amides is 1. The number of aliphatic hydroxyl groups is 1. The molecular weight excluding hydrogens is 673 g/mol. The van der Waals surface area contributed by atoms with Crippen molar-refractivity contribution in [3.05, 3.63) is 119 Å². The number of sulfone groups is 1. The number of carboxylic acids is 1. The van der Waals surface area contributed by atoms with E-state index in [1.165, 1.54) is 31.4 Å². The quantitative estimate of drug-likeness (QED) is 0.0384. The van der Waals surface area contributed by atoms with Crippen LogP contribution in [0.25, 0.3) is 0 Å². The lowest BCUT2D eigenvalue weighted by Gasteiger charge is -2.20. The molecule has 51 heavy (non-hydrogen) atoms. The summed E-state index contributed by atoms with van der Waals surface area (Å²) in [6.45, 7) is 2.80. The number of aliphatic hydroxyl groups excluding tert-OH is 1. The third-order valence-corrected chi connectivity index (χ3v) is 9.19. The van der Waals surface area contributed by atoms with Crippen LogP contribution in [0.3, 0.4) is 0 Å². The monoisotopic (exact) mass is 716 g/mol. The lowest BCUT2D eigenvalue weighted by molar-refractivity contribution is -0.140. The molecule has 4 aromatic carbocycles. The first-order valence-electron chi connectivity index (χ1n) is 16.8. The second kappa shape index (κ2) is 18.8. The third kappa shape index (κ3) is 12.7. The van der Waals surface area contributed by atoms with E-state index >= 15 is 0 Å². The van der Waals surface area contributed by atoms with Crippen molar-refractivity contribution in [2.75, 3.05) is 18.2 Å². The molecule has 12 heteroatoms. The van der Waals surface area contributed by atoms with Crippen LogP contribution in [0.15, 0.2) is 102 Å². The molecule has 4 N–H and O–H groups in total. The van der Waals surface area contributed by atoms with E-state index in [0.29, 0.717) is 46.0 Å². The molecule has 0 saturated carbocycles. The normalized spacial score (nSPS) is 12.5. The summed E-state index contributed by atoms with van der Waals surface area (Å²) in [4.78, 5) is 37.4. The summed E-state index contributed by atoms with van der Waals surface area (Å²) in [5.74, 6) is -1.03. The smallest absolute Gasteiger partial charge is 0.343 e. The Morgan fingerprint density at radius 1 is 0.765 bits per heavy atom. The number of hydrogen-bond donors (Lipinski definition) is 4. The summed E-state index contributed by atoms with van der Waals surface area (Å²) in [5.41, 5.74) is 2.51. The lowest BCUT2D eigenvalue weighted by atomic mass is 10.0. The van der Waals surface area contributed by atoms with Gasteiger partial charge in [-0.25, -0.2) is 13.2 Å². The Kier molecular flexibility index (Phi) is 14.3. The van der Waals surface area contributed by atoms with Crippen molar-refractivity contribution in [3.8, 4) is 11.5 Å². The van der Waals surface area contributed by atoms with Gasteiger partial charge in [0.05, 0.1) is 23.5 Å². The van der Waals surface area contributed by atoms with Gasteiger partial charge >= 0.3 is 11.9 Å². The van der Waals surface area contributed by atoms with Crippen LogP contribution in [0.1, 0.15) is 72.3 Å². The minimum atomic E-state index is -3.33. The predicted molar refractivity (Wildman–Crippen MR) is 194 cm³/mol. The molecule has 0 fully saturated rings. The molecule has 270 valence electrons.